The molecule has 0 saturated carbocycles. The van der Waals surface area contributed by atoms with Gasteiger partial charge in [0, 0.05) is 11.8 Å². The fourth-order valence-corrected chi connectivity index (χ4v) is 0.243. The molecule has 0 rings (SSSR count). The molecule has 0 spiro atoms. The van der Waals surface area contributed by atoms with Crippen LogP contribution in [-0.4, -0.2) is 21.5 Å². The Hall–Kier alpha value is -1.03. The Labute approximate surface area is 56.4 Å². The van der Waals surface area contributed by atoms with Gasteiger partial charge >= 0.3 is 6.09 Å². The lowest BCUT2D eigenvalue weighted by Gasteiger charge is -2.01. The molecule has 0 atom stereocenters. The monoisotopic (exact) mass is 149 g/mol. The normalized spacial score (nSPS) is 8.11. The average Bonchev–Trinajstić information content (AvgIpc) is 1.84. The van der Waals surface area contributed by atoms with E-state index in [0.717, 1.165) is 6.08 Å². The van der Waals surface area contributed by atoms with Crippen LogP contribution in [0.25, 0.3) is 0 Å². The number of imide groups is 1. The molecule has 0 aromatic rings. The Bertz CT molecular complexity index is 156. The first-order chi connectivity index (χ1) is 4.09. The average molecular weight is 150 g/mol. The van der Waals surface area contributed by atoms with Crippen LogP contribution in [0.3, 0.4) is 0 Å². The summed E-state index contributed by atoms with van der Waals surface area (Å²) < 4.78 is 0.0208. The fraction of sp³-hybridized carbons (Fsp3) is 0. The van der Waals surface area contributed by atoms with E-state index >= 15 is 0 Å². The summed E-state index contributed by atoms with van der Waals surface area (Å²) in [7, 11) is 0. The molecule has 0 aliphatic rings. The van der Waals surface area contributed by atoms with Gasteiger partial charge in [-0.1, -0.05) is 6.58 Å². The van der Waals surface area contributed by atoms with Crippen molar-refractivity contribution in [2.75, 3.05) is 0 Å². The molecule has 9 heavy (non-hydrogen) atoms. The molecule has 0 radical (unpaired) electrons. The lowest BCUT2D eigenvalue weighted by Crippen LogP contribution is -2.24. The number of rotatable bonds is 1. The van der Waals surface area contributed by atoms with Crippen molar-refractivity contribution in [3.8, 4) is 0 Å². The van der Waals surface area contributed by atoms with Crippen LogP contribution in [0.4, 0.5) is 4.79 Å². The molecule has 0 unspecified atom stereocenters. The molecule has 0 aromatic heterocycles. The predicted molar refractivity (Wildman–Crippen MR) is 30.9 cm³/mol. The Morgan fingerprint density at radius 3 is 2.22 bits per heavy atom. The summed E-state index contributed by atoms with van der Waals surface area (Å²) >= 11 is 4.88. The highest BCUT2D eigenvalue weighted by Gasteiger charge is 2.13. The van der Waals surface area contributed by atoms with Gasteiger partial charge < -0.3 is 5.11 Å². The molecule has 0 aromatic carbocycles. The van der Waals surface area contributed by atoms with Crippen LogP contribution in [-0.2, 0) is 4.79 Å². The van der Waals surface area contributed by atoms with Gasteiger partial charge in [-0.15, -0.1) is 4.42 Å². The smallest absolute Gasteiger partial charge is 0.429 e. The molecule has 0 heterocycles. The number of hydrogen-bond donors (Lipinski definition) is 1. The zero-order valence-corrected chi connectivity index (χ0v) is 5.13. The molecule has 0 aliphatic heterocycles. The molecule has 4 nitrogen and oxygen atoms in total. The predicted octanol–water partition coefficient (Wildman–Crippen LogP) is 0.833. The highest BCUT2D eigenvalue weighted by Crippen LogP contribution is 1.94. The number of amides is 2. The summed E-state index contributed by atoms with van der Waals surface area (Å²) in [5, 5.41) is 8.01. The van der Waals surface area contributed by atoms with Crippen molar-refractivity contribution < 1.29 is 14.7 Å². The van der Waals surface area contributed by atoms with Crippen molar-refractivity contribution in [3.05, 3.63) is 12.7 Å². The van der Waals surface area contributed by atoms with E-state index in [1.54, 1.807) is 0 Å². The minimum absolute atomic E-state index is 0.0208. The number of carboxylic acid groups (broad SMARTS) is 1. The highest BCUT2D eigenvalue weighted by atomic mass is 35.5. The molecular weight excluding hydrogens is 146 g/mol. The molecule has 50 valence electrons. The first-order valence-corrected chi connectivity index (χ1v) is 2.28. The molecule has 1 N–H and O–H groups in total. The van der Waals surface area contributed by atoms with E-state index in [4.69, 9.17) is 16.9 Å². The van der Waals surface area contributed by atoms with Gasteiger partial charge in [0.1, 0.15) is 0 Å². The number of hydrogen-bond acceptors (Lipinski definition) is 2. The minimum Gasteiger partial charge on any atom is -0.464 e. The second kappa shape index (κ2) is 3.09. The first kappa shape index (κ1) is 7.97. The van der Waals surface area contributed by atoms with Gasteiger partial charge in [-0.2, -0.15) is 0 Å². The summed E-state index contributed by atoms with van der Waals surface area (Å²) in [5.41, 5.74) is 0. The first-order valence-electron chi connectivity index (χ1n) is 1.95. The van der Waals surface area contributed by atoms with Crippen molar-refractivity contribution in [3.63, 3.8) is 0 Å². The molecule has 0 saturated heterocycles. The Morgan fingerprint density at radius 1 is 1.67 bits per heavy atom. The van der Waals surface area contributed by atoms with Crippen LogP contribution in [0.2, 0.25) is 0 Å². The third-order valence-corrected chi connectivity index (χ3v) is 0.847. The Balaban J connectivity index is 4.03. The van der Waals surface area contributed by atoms with E-state index in [1.807, 2.05) is 0 Å². The third-order valence-electron chi connectivity index (χ3n) is 0.536. The number of nitrogens with zero attached hydrogens (tertiary/aromatic N) is 1. The van der Waals surface area contributed by atoms with Crippen molar-refractivity contribution >= 4 is 23.8 Å². The quantitative estimate of drug-likeness (QED) is 0.444. The van der Waals surface area contributed by atoms with Crippen LogP contribution in [0, 0.1) is 0 Å². The van der Waals surface area contributed by atoms with Gasteiger partial charge in [-0.3, -0.25) is 4.79 Å². The molecule has 0 aliphatic carbocycles. The van der Waals surface area contributed by atoms with Gasteiger partial charge in [0.2, 0.25) is 0 Å². The third kappa shape index (κ3) is 2.14. The van der Waals surface area contributed by atoms with Gasteiger partial charge in [-0.25, -0.2) is 4.79 Å². The van der Waals surface area contributed by atoms with Gasteiger partial charge in [0.05, 0.1) is 0 Å². The van der Waals surface area contributed by atoms with Gasteiger partial charge in [-0.05, 0) is 6.08 Å². The SMILES string of the molecule is C=CC(=O)N(Cl)C(=O)O. The molecule has 0 fully saturated rings. The minimum atomic E-state index is -1.51. The standard InChI is InChI=1S/C4H4ClNO3/c1-2-3(7)6(5)4(8)9/h2H,1H2,(H,8,9). The Morgan fingerprint density at radius 2 is 2.11 bits per heavy atom. The van der Waals surface area contributed by atoms with Crippen molar-refractivity contribution in [1.82, 2.24) is 4.42 Å². The fourth-order valence-electron chi connectivity index (χ4n) is 0.174. The number of halogens is 1. The van der Waals surface area contributed by atoms with Crippen LogP contribution in [0.1, 0.15) is 0 Å². The topological polar surface area (TPSA) is 57.6 Å². The zero-order chi connectivity index (χ0) is 7.44. The lowest BCUT2D eigenvalue weighted by molar-refractivity contribution is -0.120. The van der Waals surface area contributed by atoms with Crippen LogP contribution in [0.15, 0.2) is 12.7 Å². The Kier molecular flexibility index (Phi) is 2.73. The number of carbonyl (C=O) groups is 2. The lowest BCUT2D eigenvalue weighted by atomic mass is 10.6. The summed E-state index contributed by atoms with van der Waals surface area (Å²) in [6, 6.07) is 0. The van der Waals surface area contributed by atoms with Crippen molar-refractivity contribution in [2.24, 2.45) is 0 Å². The second-order valence-electron chi connectivity index (χ2n) is 1.11. The van der Waals surface area contributed by atoms with E-state index in [1.165, 1.54) is 0 Å². The number of carbonyl (C=O) groups excluding carboxylic acids is 1. The molecular formula is C4H4ClNO3. The van der Waals surface area contributed by atoms with Gasteiger partial charge in [0.25, 0.3) is 5.91 Å². The zero-order valence-electron chi connectivity index (χ0n) is 4.37. The van der Waals surface area contributed by atoms with E-state index in [0.29, 0.717) is 0 Å². The van der Waals surface area contributed by atoms with Gasteiger partial charge in [0.15, 0.2) is 0 Å². The largest absolute Gasteiger partial charge is 0.464 e. The van der Waals surface area contributed by atoms with Crippen LogP contribution in [0.5, 0.6) is 0 Å². The summed E-state index contributed by atoms with van der Waals surface area (Å²) in [5.74, 6) is -0.857. The summed E-state index contributed by atoms with van der Waals surface area (Å²) in [6.45, 7) is 3.03. The molecule has 2 amide bonds. The summed E-state index contributed by atoms with van der Waals surface area (Å²) in [6.07, 6.45) is -0.706. The van der Waals surface area contributed by atoms with Crippen molar-refractivity contribution in [1.29, 1.82) is 0 Å². The molecule has 0 bridgehead atoms. The van der Waals surface area contributed by atoms with E-state index in [-0.39, 0.29) is 4.42 Å². The van der Waals surface area contributed by atoms with E-state index < -0.39 is 12.0 Å². The maximum Gasteiger partial charge on any atom is 0.429 e. The van der Waals surface area contributed by atoms with Crippen molar-refractivity contribution in [2.45, 2.75) is 0 Å². The second-order valence-corrected chi connectivity index (χ2v) is 1.44. The van der Waals surface area contributed by atoms with Crippen LogP contribution < -0.4 is 0 Å². The summed E-state index contributed by atoms with van der Waals surface area (Å²) in [4.78, 5) is 20.1. The maximum absolute atomic E-state index is 10.2. The highest BCUT2D eigenvalue weighted by molar-refractivity contribution is 6.30. The maximum atomic E-state index is 10.2. The van der Waals surface area contributed by atoms with E-state index in [9.17, 15) is 9.59 Å². The van der Waals surface area contributed by atoms with E-state index in [2.05, 4.69) is 6.58 Å². The van der Waals surface area contributed by atoms with Crippen LogP contribution >= 0.6 is 11.8 Å². The molecule has 5 heteroatoms.